The molecular formula is C22H32N4O5S. The maximum absolute atomic E-state index is 13.4. The minimum absolute atomic E-state index is 0.00776. The van der Waals surface area contributed by atoms with E-state index in [0.717, 1.165) is 38.8 Å². The Morgan fingerprint density at radius 1 is 1.12 bits per heavy atom. The summed E-state index contributed by atoms with van der Waals surface area (Å²) in [6, 6.07) is 1.65. The third-order valence-corrected chi connectivity index (χ3v) is 10.5. The Morgan fingerprint density at radius 3 is 2.44 bits per heavy atom. The second-order valence-electron chi connectivity index (χ2n) is 10.5. The third-order valence-electron chi connectivity index (χ3n) is 8.32. The molecule has 4 saturated heterocycles. The Balaban J connectivity index is 1.07. The molecule has 6 atom stereocenters. The van der Waals surface area contributed by atoms with E-state index in [1.807, 2.05) is 4.31 Å². The van der Waals surface area contributed by atoms with Crippen LogP contribution in [0.5, 0.6) is 0 Å². The number of nitrogens with one attached hydrogen (secondary N) is 2. The summed E-state index contributed by atoms with van der Waals surface area (Å²) >= 11 is 0. The van der Waals surface area contributed by atoms with Crippen molar-refractivity contribution in [2.75, 3.05) is 32.1 Å². The van der Waals surface area contributed by atoms with Gasteiger partial charge in [-0.1, -0.05) is 5.16 Å². The lowest BCUT2D eigenvalue weighted by atomic mass is 9.99. The molecule has 1 aliphatic carbocycles. The lowest BCUT2D eigenvalue weighted by Crippen LogP contribution is -2.53. The zero-order valence-electron chi connectivity index (χ0n) is 18.2. The first-order chi connectivity index (χ1) is 15.5. The van der Waals surface area contributed by atoms with Crippen molar-refractivity contribution in [3.8, 4) is 0 Å². The molecule has 2 unspecified atom stereocenters. The van der Waals surface area contributed by atoms with E-state index in [1.54, 1.807) is 6.07 Å². The minimum atomic E-state index is -3.28. The van der Waals surface area contributed by atoms with E-state index in [4.69, 9.17) is 9.26 Å². The number of sulfonamides is 1. The number of hydrogen-bond donors (Lipinski definition) is 2. The van der Waals surface area contributed by atoms with Crippen molar-refractivity contribution in [1.29, 1.82) is 0 Å². The van der Waals surface area contributed by atoms with Crippen molar-refractivity contribution in [3.63, 3.8) is 0 Å². The molecule has 1 aromatic rings. The normalized spacial score (nSPS) is 37.4. The molecule has 0 radical (unpaired) electrons. The predicted molar refractivity (Wildman–Crippen MR) is 116 cm³/mol. The number of fused-ring (bicyclic) bond motifs is 3. The number of amides is 1. The molecule has 5 aliphatic rings. The van der Waals surface area contributed by atoms with Crippen molar-refractivity contribution in [2.24, 2.45) is 17.8 Å². The lowest BCUT2D eigenvalue weighted by Gasteiger charge is -2.38. The number of aromatic nitrogens is 1. The highest BCUT2D eigenvalue weighted by Crippen LogP contribution is 2.42. The molecule has 5 heterocycles. The Morgan fingerprint density at radius 2 is 1.81 bits per heavy atom. The molecule has 10 heteroatoms. The van der Waals surface area contributed by atoms with Crippen LogP contribution in [0.15, 0.2) is 10.6 Å². The number of rotatable bonds is 6. The average molecular weight is 465 g/mol. The van der Waals surface area contributed by atoms with Crippen molar-refractivity contribution < 1.29 is 22.5 Å². The van der Waals surface area contributed by atoms with Crippen LogP contribution in [0.4, 0.5) is 0 Å². The van der Waals surface area contributed by atoms with Crippen LogP contribution in [-0.2, 0) is 14.8 Å². The van der Waals surface area contributed by atoms with Gasteiger partial charge in [0.1, 0.15) is 5.76 Å². The summed E-state index contributed by atoms with van der Waals surface area (Å²) in [6.45, 7) is 3.29. The van der Waals surface area contributed by atoms with Gasteiger partial charge < -0.3 is 19.9 Å². The molecule has 0 aromatic carbocycles. The van der Waals surface area contributed by atoms with Crippen LogP contribution >= 0.6 is 0 Å². The average Bonchev–Trinajstić information content (AvgIpc) is 3.44. The number of carbonyl (C=O) groups excluding carboxylic acids is 1. The number of piperidine rings is 1. The summed E-state index contributed by atoms with van der Waals surface area (Å²) < 4.78 is 39.0. The van der Waals surface area contributed by atoms with Crippen LogP contribution in [0, 0.1) is 17.8 Å². The van der Waals surface area contributed by atoms with Gasteiger partial charge in [-0.25, -0.2) is 8.42 Å². The summed E-state index contributed by atoms with van der Waals surface area (Å²) in [6.07, 6.45) is 5.17. The van der Waals surface area contributed by atoms with Gasteiger partial charge in [-0.3, -0.25) is 4.79 Å². The lowest BCUT2D eigenvalue weighted by molar-refractivity contribution is -0.00228. The summed E-state index contributed by atoms with van der Waals surface area (Å²) in [7, 11) is -3.28. The topological polar surface area (TPSA) is 114 Å². The second kappa shape index (κ2) is 8.07. The van der Waals surface area contributed by atoms with Crippen molar-refractivity contribution in [1.82, 2.24) is 20.1 Å². The summed E-state index contributed by atoms with van der Waals surface area (Å²) in [5.41, 5.74) is 0.288. The molecule has 1 aromatic heterocycles. The highest BCUT2D eigenvalue weighted by molar-refractivity contribution is 7.89. The van der Waals surface area contributed by atoms with Crippen LogP contribution in [0.1, 0.15) is 60.7 Å². The predicted octanol–water partition coefficient (Wildman–Crippen LogP) is 1.09. The van der Waals surface area contributed by atoms with Gasteiger partial charge in [0.05, 0.1) is 24.9 Å². The van der Waals surface area contributed by atoms with Gasteiger partial charge in [-0.05, 0) is 69.4 Å². The standard InChI is InChI=1S/C22H32N4O5S/c27-22(20-7-21(31-25-20)16-10-30-11-16)24-17-5-18-1-2-19(6-17)26(18)32(28,29)12-13-3-14-8-23-9-15(14)4-13/h7,13-19,23H,1-6,8-12H2,(H,24,27)/t13?,14-,15+,17?,18-,19+. The maximum atomic E-state index is 13.4. The van der Waals surface area contributed by atoms with E-state index in [2.05, 4.69) is 15.8 Å². The third kappa shape index (κ3) is 3.78. The SMILES string of the molecule is O=C(NC1C[C@H]2CC[C@@H](C1)N2S(=O)(=O)CC1C[C@H]2CNC[C@H]2C1)c1cc(C2COC2)on1. The van der Waals surface area contributed by atoms with E-state index in [9.17, 15) is 13.2 Å². The van der Waals surface area contributed by atoms with Gasteiger partial charge in [-0.2, -0.15) is 4.31 Å². The summed E-state index contributed by atoms with van der Waals surface area (Å²) in [4.78, 5) is 12.7. The molecule has 4 aliphatic heterocycles. The van der Waals surface area contributed by atoms with Gasteiger partial charge in [-0.15, -0.1) is 0 Å². The highest BCUT2D eigenvalue weighted by Gasteiger charge is 2.48. The van der Waals surface area contributed by atoms with Gasteiger partial charge in [0.15, 0.2) is 5.69 Å². The molecule has 1 amide bonds. The van der Waals surface area contributed by atoms with Crippen LogP contribution in [0.2, 0.25) is 0 Å². The fourth-order valence-corrected chi connectivity index (χ4v) is 9.10. The number of nitrogens with zero attached hydrogens (tertiary/aromatic N) is 2. The fraction of sp³-hybridized carbons (Fsp3) is 0.818. The minimum Gasteiger partial charge on any atom is -0.380 e. The van der Waals surface area contributed by atoms with Crippen LogP contribution < -0.4 is 10.6 Å². The maximum Gasteiger partial charge on any atom is 0.273 e. The summed E-state index contributed by atoms with van der Waals surface area (Å²) in [5.74, 6) is 2.52. The van der Waals surface area contributed by atoms with E-state index < -0.39 is 10.0 Å². The van der Waals surface area contributed by atoms with Gasteiger partial charge in [0.2, 0.25) is 10.0 Å². The number of ether oxygens (including phenoxy) is 1. The van der Waals surface area contributed by atoms with Crippen molar-refractivity contribution in [2.45, 2.75) is 62.6 Å². The zero-order valence-corrected chi connectivity index (χ0v) is 19.1. The van der Waals surface area contributed by atoms with E-state index >= 15 is 0 Å². The largest absolute Gasteiger partial charge is 0.380 e. The Hall–Kier alpha value is -1.49. The first-order valence-electron chi connectivity index (χ1n) is 12.0. The molecule has 2 bridgehead atoms. The molecule has 1 saturated carbocycles. The first-order valence-corrected chi connectivity index (χ1v) is 13.6. The monoisotopic (exact) mass is 464 g/mol. The molecule has 9 nitrogen and oxygen atoms in total. The number of carbonyl (C=O) groups is 1. The Kier molecular flexibility index (Phi) is 5.32. The van der Waals surface area contributed by atoms with Crippen LogP contribution in [0.25, 0.3) is 0 Å². The van der Waals surface area contributed by atoms with Gasteiger partial charge >= 0.3 is 0 Å². The van der Waals surface area contributed by atoms with Crippen LogP contribution in [-0.4, -0.2) is 74.0 Å². The van der Waals surface area contributed by atoms with E-state index in [-0.39, 0.29) is 47.3 Å². The highest BCUT2D eigenvalue weighted by atomic mass is 32.2. The number of hydrogen-bond acceptors (Lipinski definition) is 7. The van der Waals surface area contributed by atoms with E-state index in [0.29, 0.717) is 43.7 Å². The second-order valence-corrected chi connectivity index (χ2v) is 12.4. The zero-order chi connectivity index (χ0) is 21.9. The Labute approximate surface area is 188 Å². The quantitative estimate of drug-likeness (QED) is 0.648. The molecule has 5 fully saturated rings. The Bertz CT molecular complexity index is 951. The molecule has 6 rings (SSSR count). The smallest absolute Gasteiger partial charge is 0.273 e. The van der Waals surface area contributed by atoms with Crippen LogP contribution in [0.3, 0.4) is 0 Å². The van der Waals surface area contributed by atoms with Gasteiger partial charge in [0, 0.05) is 24.2 Å². The summed E-state index contributed by atoms with van der Waals surface area (Å²) in [5, 5.41) is 10.4. The fourth-order valence-electron chi connectivity index (χ4n) is 6.77. The molecular weight excluding hydrogens is 432 g/mol. The molecule has 0 spiro atoms. The molecule has 32 heavy (non-hydrogen) atoms. The first kappa shape index (κ1) is 21.1. The van der Waals surface area contributed by atoms with Gasteiger partial charge in [0.25, 0.3) is 5.91 Å². The van der Waals surface area contributed by atoms with E-state index in [1.165, 1.54) is 0 Å². The van der Waals surface area contributed by atoms with Crippen molar-refractivity contribution >= 4 is 15.9 Å². The molecule has 176 valence electrons. The van der Waals surface area contributed by atoms with Crippen molar-refractivity contribution in [3.05, 3.63) is 17.5 Å². The molecule has 2 N–H and O–H groups in total.